The molecule has 1 heterocycles. The van der Waals surface area contributed by atoms with Crippen molar-refractivity contribution in [3.05, 3.63) is 63.8 Å². The molecule has 0 aliphatic carbocycles. The van der Waals surface area contributed by atoms with Crippen molar-refractivity contribution in [3.8, 4) is 11.1 Å². The lowest BCUT2D eigenvalue weighted by molar-refractivity contribution is 0.108. The van der Waals surface area contributed by atoms with Gasteiger partial charge in [0.25, 0.3) is 5.24 Å². The van der Waals surface area contributed by atoms with E-state index in [-0.39, 0.29) is 0 Å². The summed E-state index contributed by atoms with van der Waals surface area (Å²) in [7, 11) is 0. The van der Waals surface area contributed by atoms with Crippen LogP contribution in [0.1, 0.15) is 9.67 Å². The van der Waals surface area contributed by atoms with Gasteiger partial charge in [0.1, 0.15) is 0 Å². The van der Waals surface area contributed by atoms with Gasteiger partial charge in [-0.3, -0.25) is 4.79 Å². The first kappa shape index (κ1) is 15.9. The maximum atomic E-state index is 11.2. The number of halogens is 2. The molecule has 23 heavy (non-hydrogen) atoms. The van der Waals surface area contributed by atoms with Gasteiger partial charge >= 0.3 is 0 Å². The average Bonchev–Trinajstić information content (AvgIpc) is 3.01. The molecule has 0 atom stereocenters. The van der Waals surface area contributed by atoms with Crippen molar-refractivity contribution in [1.29, 1.82) is 0 Å². The summed E-state index contributed by atoms with van der Waals surface area (Å²) in [5.74, 6) is 0. The summed E-state index contributed by atoms with van der Waals surface area (Å²) < 4.78 is 0. The third kappa shape index (κ3) is 3.34. The molecular formula is C17H12Cl2N2OS. The Balaban J connectivity index is 1.98. The van der Waals surface area contributed by atoms with E-state index in [4.69, 9.17) is 28.9 Å². The van der Waals surface area contributed by atoms with Gasteiger partial charge in [-0.05, 0) is 46.8 Å². The van der Waals surface area contributed by atoms with Gasteiger partial charge < -0.3 is 11.1 Å². The smallest absolute Gasteiger partial charge is 0.262 e. The lowest BCUT2D eigenvalue weighted by Crippen LogP contribution is -1.96. The van der Waals surface area contributed by atoms with Gasteiger partial charge in [-0.25, -0.2) is 0 Å². The third-order valence-corrected chi connectivity index (χ3v) is 4.98. The Hall–Kier alpha value is -2.01. The van der Waals surface area contributed by atoms with Crippen molar-refractivity contribution in [2.24, 2.45) is 0 Å². The van der Waals surface area contributed by atoms with Gasteiger partial charge in [0.05, 0.1) is 27.0 Å². The van der Waals surface area contributed by atoms with Crippen LogP contribution in [-0.4, -0.2) is 5.24 Å². The number of nitrogen functional groups attached to an aromatic ring is 1. The summed E-state index contributed by atoms with van der Waals surface area (Å²) in [6, 6.07) is 14.9. The van der Waals surface area contributed by atoms with Crippen molar-refractivity contribution in [3.63, 3.8) is 0 Å². The largest absolute Gasteiger partial charge is 0.397 e. The van der Waals surface area contributed by atoms with Crippen LogP contribution in [0.15, 0.2) is 53.9 Å². The normalized spacial score (nSPS) is 10.5. The van der Waals surface area contributed by atoms with E-state index in [0.717, 1.165) is 22.5 Å². The maximum Gasteiger partial charge on any atom is 0.262 e. The number of hydrogen-bond acceptors (Lipinski definition) is 4. The van der Waals surface area contributed by atoms with Gasteiger partial charge in [0.2, 0.25) is 0 Å². The molecule has 0 fully saturated rings. The fourth-order valence-electron chi connectivity index (χ4n) is 2.19. The zero-order chi connectivity index (χ0) is 16.4. The van der Waals surface area contributed by atoms with E-state index in [9.17, 15) is 4.79 Å². The predicted molar refractivity (Wildman–Crippen MR) is 99.1 cm³/mol. The number of carbonyl (C=O) groups excluding carboxylic acids is 1. The number of anilines is 3. The zero-order valence-corrected chi connectivity index (χ0v) is 14.2. The fraction of sp³-hybridized carbons (Fsp3) is 0. The molecule has 0 spiro atoms. The van der Waals surface area contributed by atoms with E-state index in [2.05, 4.69) is 5.32 Å². The summed E-state index contributed by atoms with van der Waals surface area (Å²) in [4.78, 5) is 11.7. The SMILES string of the molecule is Nc1ccccc1Nc1cccc(-c2csc(C(=O)Cl)c2)c1Cl. The molecule has 0 radical (unpaired) electrons. The van der Waals surface area contributed by atoms with Crippen LogP contribution in [0, 0.1) is 0 Å². The third-order valence-electron chi connectivity index (χ3n) is 3.33. The second-order valence-corrected chi connectivity index (χ2v) is 6.49. The highest BCUT2D eigenvalue weighted by Gasteiger charge is 2.13. The molecule has 1 aromatic heterocycles. The Bertz CT molecular complexity index is 877. The summed E-state index contributed by atoms with van der Waals surface area (Å²) in [6.45, 7) is 0. The molecule has 0 unspecified atom stereocenters. The molecule has 3 nitrogen and oxygen atoms in total. The van der Waals surface area contributed by atoms with Crippen molar-refractivity contribution >= 4 is 56.8 Å². The van der Waals surface area contributed by atoms with Crippen LogP contribution in [0.5, 0.6) is 0 Å². The number of benzene rings is 2. The first-order valence-corrected chi connectivity index (χ1v) is 8.38. The van der Waals surface area contributed by atoms with Crippen molar-refractivity contribution in [1.82, 2.24) is 0 Å². The van der Waals surface area contributed by atoms with E-state index in [1.54, 1.807) is 6.07 Å². The van der Waals surface area contributed by atoms with Gasteiger partial charge in [-0.2, -0.15) is 0 Å². The van der Waals surface area contributed by atoms with E-state index >= 15 is 0 Å². The lowest BCUT2D eigenvalue weighted by atomic mass is 10.1. The van der Waals surface area contributed by atoms with E-state index in [1.807, 2.05) is 47.8 Å². The molecule has 0 aliphatic rings. The summed E-state index contributed by atoms with van der Waals surface area (Å²) in [5.41, 5.74) is 9.80. The second kappa shape index (κ2) is 6.62. The molecule has 6 heteroatoms. The summed E-state index contributed by atoms with van der Waals surface area (Å²) in [5, 5.41) is 5.18. The highest BCUT2D eigenvalue weighted by Crippen LogP contribution is 2.37. The maximum absolute atomic E-state index is 11.2. The Morgan fingerprint density at radius 3 is 2.52 bits per heavy atom. The monoisotopic (exact) mass is 362 g/mol. The van der Waals surface area contributed by atoms with E-state index in [1.165, 1.54) is 11.3 Å². The molecule has 0 saturated carbocycles. The molecule has 3 aromatic rings. The quantitative estimate of drug-likeness (QED) is 0.457. The zero-order valence-electron chi connectivity index (χ0n) is 11.8. The van der Waals surface area contributed by atoms with Crippen molar-refractivity contribution < 1.29 is 4.79 Å². The molecule has 3 N–H and O–H groups in total. The van der Waals surface area contributed by atoms with E-state index in [0.29, 0.717) is 15.6 Å². The van der Waals surface area contributed by atoms with Crippen LogP contribution in [0.4, 0.5) is 17.1 Å². The van der Waals surface area contributed by atoms with Crippen LogP contribution in [0.25, 0.3) is 11.1 Å². The van der Waals surface area contributed by atoms with Gasteiger partial charge in [-0.1, -0.05) is 35.9 Å². The number of thiophene rings is 1. The molecule has 0 aliphatic heterocycles. The first-order valence-electron chi connectivity index (χ1n) is 6.75. The molecule has 0 amide bonds. The highest BCUT2D eigenvalue weighted by atomic mass is 35.5. The topological polar surface area (TPSA) is 55.1 Å². The van der Waals surface area contributed by atoms with Gasteiger partial charge in [0.15, 0.2) is 0 Å². The Morgan fingerprint density at radius 2 is 1.83 bits per heavy atom. The van der Waals surface area contributed by atoms with Crippen LogP contribution >= 0.6 is 34.5 Å². The van der Waals surface area contributed by atoms with Gasteiger partial charge in [-0.15, -0.1) is 11.3 Å². The Morgan fingerprint density at radius 1 is 1.09 bits per heavy atom. The number of para-hydroxylation sites is 2. The summed E-state index contributed by atoms with van der Waals surface area (Å²) >= 11 is 13.3. The van der Waals surface area contributed by atoms with E-state index < -0.39 is 5.24 Å². The van der Waals surface area contributed by atoms with Crippen molar-refractivity contribution in [2.45, 2.75) is 0 Å². The minimum absolute atomic E-state index is 0.469. The fourth-order valence-corrected chi connectivity index (χ4v) is 3.40. The minimum atomic E-state index is -0.469. The van der Waals surface area contributed by atoms with Crippen LogP contribution in [0.3, 0.4) is 0 Å². The predicted octanol–water partition coefficient (Wildman–Crippen LogP) is 5.77. The molecule has 3 rings (SSSR count). The highest BCUT2D eigenvalue weighted by molar-refractivity contribution is 7.14. The standard InChI is InChI=1S/C17H12Cl2N2OS/c18-16-11(10-8-15(17(19)22)23-9-10)4-3-7-14(16)21-13-6-2-1-5-12(13)20/h1-9,21H,20H2. The van der Waals surface area contributed by atoms with Crippen LogP contribution in [-0.2, 0) is 0 Å². The number of rotatable bonds is 4. The second-order valence-electron chi connectivity index (χ2n) is 4.85. The molecule has 2 aromatic carbocycles. The lowest BCUT2D eigenvalue weighted by Gasteiger charge is -2.13. The summed E-state index contributed by atoms with van der Waals surface area (Å²) in [6.07, 6.45) is 0. The molecule has 116 valence electrons. The minimum Gasteiger partial charge on any atom is -0.397 e. The number of nitrogens with two attached hydrogens (primary N) is 1. The molecule has 0 saturated heterocycles. The Labute approximate surface area is 147 Å². The Kier molecular flexibility index (Phi) is 4.57. The van der Waals surface area contributed by atoms with Gasteiger partial charge in [0, 0.05) is 5.56 Å². The van der Waals surface area contributed by atoms with Crippen LogP contribution in [0.2, 0.25) is 5.02 Å². The van der Waals surface area contributed by atoms with Crippen molar-refractivity contribution in [2.75, 3.05) is 11.1 Å². The number of hydrogen-bond donors (Lipinski definition) is 2. The number of nitrogens with one attached hydrogen (secondary N) is 1. The van der Waals surface area contributed by atoms with Crippen LogP contribution < -0.4 is 11.1 Å². The molecule has 0 bridgehead atoms. The molecular weight excluding hydrogens is 351 g/mol. The first-order chi connectivity index (χ1) is 11.1. The average molecular weight is 363 g/mol. The number of carbonyl (C=O) groups is 1.